The van der Waals surface area contributed by atoms with Gasteiger partial charge in [-0.25, -0.2) is 0 Å². The summed E-state index contributed by atoms with van der Waals surface area (Å²) in [5.41, 5.74) is 1.26. The van der Waals surface area contributed by atoms with Gasteiger partial charge in [0, 0.05) is 13.0 Å². The molecule has 1 aliphatic rings. The molecule has 1 fully saturated rings. The number of ether oxygens (including phenoxy) is 2. The maximum absolute atomic E-state index is 8.94. The van der Waals surface area contributed by atoms with Crippen molar-refractivity contribution in [2.45, 2.75) is 51.1 Å². The molecule has 0 spiro atoms. The van der Waals surface area contributed by atoms with Crippen molar-refractivity contribution in [3.63, 3.8) is 0 Å². The molecule has 2 rings (SSSR count). The molecule has 1 aromatic rings. The van der Waals surface area contributed by atoms with E-state index in [1.54, 1.807) is 0 Å². The van der Waals surface area contributed by atoms with Gasteiger partial charge in [-0.3, -0.25) is 0 Å². The van der Waals surface area contributed by atoms with E-state index in [2.05, 4.69) is 12.1 Å². The van der Waals surface area contributed by atoms with Gasteiger partial charge in [-0.05, 0) is 32.3 Å². The van der Waals surface area contributed by atoms with Crippen LogP contribution in [0.5, 0.6) is 0 Å². The molecule has 0 unspecified atom stereocenters. The molecule has 1 saturated heterocycles. The van der Waals surface area contributed by atoms with E-state index in [0.29, 0.717) is 0 Å². The van der Waals surface area contributed by atoms with E-state index in [0.717, 1.165) is 19.3 Å². The lowest BCUT2D eigenvalue weighted by atomic mass is 10.0. The Balaban J connectivity index is 2.00. The van der Waals surface area contributed by atoms with Crippen LogP contribution in [-0.2, 0) is 15.9 Å². The Hall–Kier alpha value is -0.900. The standard InChI is InChI=1S/C15H22O3/c1-15(2)17-13(9-6-10-16)14(18-15)11-12-7-4-3-5-8-12/h3-5,7-8,13-14,16H,6,9-11H2,1-2H3/t13-,14+/m1/s1. The van der Waals surface area contributed by atoms with E-state index in [-0.39, 0.29) is 18.8 Å². The van der Waals surface area contributed by atoms with Crippen LogP contribution in [0.25, 0.3) is 0 Å². The summed E-state index contributed by atoms with van der Waals surface area (Å²) in [6, 6.07) is 10.3. The van der Waals surface area contributed by atoms with E-state index < -0.39 is 5.79 Å². The normalized spacial score (nSPS) is 26.4. The highest BCUT2D eigenvalue weighted by atomic mass is 16.7. The topological polar surface area (TPSA) is 38.7 Å². The molecule has 1 N–H and O–H groups in total. The van der Waals surface area contributed by atoms with Gasteiger partial charge < -0.3 is 14.6 Å². The van der Waals surface area contributed by atoms with E-state index in [1.165, 1.54) is 5.56 Å². The summed E-state index contributed by atoms with van der Waals surface area (Å²) in [6.45, 7) is 4.10. The maximum atomic E-state index is 8.94. The molecule has 0 radical (unpaired) electrons. The van der Waals surface area contributed by atoms with Gasteiger partial charge in [0.25, 0.3) is 0 Å². The summed E-state index contributed by atoms with van der Waals surface area (Å²) < 4.78 is 11.9. The number of hydrogen-bond acceptors (Lipinski definition) is 3. The molecule has 1 heterocycles. The van der Waals surface area contributed by atoms with Crippen LogP contribution < -0.4 is 0 Å². The van der Waals surface area contributed by atoms with E-state index in [9.17, 15) is 0 Å². The fourth-order valence-electron chi connectivity index (χ4n) is 2.47. The van der Waals surface area contributed by atoms with Crippen LogP contribution in [0.1, 0.15) is 32.3 Å². The molecule has 0 aliphatic carbocycles. The van der Waals surface area contributed by atoms with E-state index in [4.69, 9.17) is 14.6 Å². The van der Waals surface area contributed by atoms with Crippen molar-refractivity contribution in [2.75, 3.05) is 6.61 Å². The molecular weight excluding hydrogens is 228 g/mol. The van der Waals surface area contributed by atoms with Gasteiger partial charge in [0.1, 0.15) is 0 Å². The zero-order valence-electron chi connectivity index (χ0n) is 11.1. The van der Waals surface area contributed by atoms with Crippen molar-refractivity contribution in [3.8, 4) is 0 Å². The first-order valence-corrected chi connectivity index (χ1v) is 6.61. The Morgan fingerprint density at radius 1 is 1.11 bits per heavy atom. The average Bonchev–Trinajstić information content (AvgIpc) is 2.62. The fraction of sp³-hybridized carbons (Fsp3) is 0.600. The van der Waals surface area contributed by atoms with E-state index in [1.807, 2.05) is 32.0 Å². The minimum absolute atomic E-state index is 0.0763. The van der Waals surface area contributed by atoms with Crippen molar-refractivity contribution in [3.05, 3.63) is 35.9 Å². The first kappa shape index (κ1) is 13.5. The number of benzene rings is 1. The van der Waals surface area contributed by atoms with Crippen molar-refractivity contribution < 1.29 is 14.6 Å². The third-order valence-corrected chi connectivity index (χ3v) is 3.21. The van der Waals surface area contributed by atoms with Crippen molar-refractivity contribution in [1.29, 1.82) is 0 Å². The summed E-state index contributed by atoms with van der Waals surface area (Å²) in [7, 11) is 0. The summed E-state index contributed by atoms with van der Waals surface area (Å²) in [4.78, 5) is 0. The second kappa shape index (κ2) is 5.83. The third kappa shape index (κ3) is 3.55. The van der Waals surface area contributed by atoms with Crippen LogP contribution in [0.2, 0.25) is 0 Å². The second-order valence-corrected chi connectivity index (χ2v) is 5.27. The van der Waals surface area contributed by atoms with Crippen LogP contribution in [0.3, 0.4) is 0 Å². The van der Waals surface area contributed by atoms with Gasteiger partial charge in [-0.2, -0.15) is 0 Å². The van der Waals surface area contributed by atoms with Gasteiger partial charge in [0.05, 0.1) is 12.2 Å². The number of aliphatic hydroxyl groups excluding tert-OH is 1. The lowest BCUT2D eigenvalue weighted by Crippen LogP contribution is -2.25. The molecule has 0 saturated carbocycles. The lowest BCUT2D eigenvalue weighted by Gasteiger charge is -2.16. The van der Waals surface area contributed by atoms with Gasteiger partial charge >= 0.3 is 0 Å². The Morgan fingerprint density at radius 3 is 2.44 bits per heavy atom. The van der Waals surface area contributed by atoms with Gasteiger partial charge in [-0.1, -0.05) is 30.3 Å². The molecule has 3 heteroatoms. The summed E-state index contributed by atoms with van der Waals surface area (Å²) in [6.07, 6.45) is 2.62. The molecule has 100 valence electrons. The largest absolute Gasteiger partial charge is 0.396 e. The molecule has 0 amide bonds. The molecule has 1 aliphatic heterocycles. The minimum atomic E-state index is -0.514. The molecule has 0 aromatic heterocycles. The van der Waals surface area contributed by atoms with Crippen LogP contribution in [0, 0.1) is 0 Å². The molecule has 2 atom stereocenters. The minimum Gasteiger partial charge on any atom is -0.396 e. The summed E-state index contributed by atoms with van der Waals surface area (Å²) in [5, 5.41) is 8.94. The predicted octanol–water partition coefficient (Wildman–Crippen LogP) is 2.52. The first-order valence-electron chi connectivity index (χ1n) is 6.61. The molecule has 1 aromatic carbocycles. The van der Waals surface area contributed by atoms with Gasteiger partial charge in [0.2, 0.25) is 0 Å². The second-order valence-electron chi connectivity index (χ2n) is 5.27. The van der Waals surface area contributed by atoms with Crippen LogP contribution in [0.4, 0.5) is 0 Å². The fourth-order valence-corrected chi connectivity index (χ4v) is 2.47. The first-order chi connectivity index (χ1) is 8.61. The van der Waals surface area contributed by atoms with Crippen LogP contribution in [0.15, 0.2) is 30.3 Å². The zero-order valence-corrected chi connectivity index (χ0v) is 11.1. The van der Waals surface area contributed by atoms with Gasteiger partial charge in [0.15, 0.2) is 5.79 Å². The van der Waals surface area contributed by atoms with Crippen molar-refractivity contribution in [1.82, 2.24) is 0 Å². The Morgan fingerprint density at radius 2 is 1.78 bits per heavy atom. The smallest absolute Gasteiger partial charge is 0.163 e. The third-order valence-electron chi connectivity index (χ3n) is 3.21. The van der Waals surface area contributed by atoms with Crippen LogP contribution >= 0.6 is 0 Å². The number of rotatable bonds is 5. The van der Waals surface area contributed by atoms with Gasteiger partial charge in [-0.15, -0.1) is 0 Å². The Kier molecular flexibility index (Phi) is 4.38. The maximum Gasteiger partial charge on any atom is 0.163 e. The Labute approximate surface area is 109 Å². The van der Waals surface area contributed by atoms with Crippen molar-refractivity contribution in [2.24, 2.45) is 0 Å². The Bertz CT molecular complexity index is 361. The SMILES string of the molecule is CC1(C)O[C@@H](Cc2ccccc2)[C@@H](CCCO)O1. The monoisotopic (exact) mass is 250 g/mol. The molecule has 3 nitrogen and oxygen atoms in total. The van der Waals surface area contributed by atoms with Crippen molar-refractivity contribution >= 4 is 0 Å². The summed E-state index contributed by atoms with van der Waals surface area (Å²) in [5.74, 6) is -0.514. The lowest BCUT2D eigenvalue weighted by molar-refractivity contribution is -0.146. The van der Waals surface area contributed by atoms with E-state index >= 15 is 0 Å². The highest BCUT2D eigenvalue weighted by molar-refractivity contribution is 5.16. The highest BCUT2D eigenvalue weighted by Gasteiger charge is 2.40. The number of aliphatic hydroxyl groups is 1. The molecule has 0 bridgehead atoms. The predicted molar refractivity (Wildman–Crippen MR) is 70.3 cm³/mol. The zero-order chi connectivity index (χ0) is 13.0. The summed E-state index contributed by atoms with van der Waals surface area (Å²) >= 11 is 0. The average molecular weight is 250 g/mol. The number of hydrogen-bond donors (Lipinski definition) is 1. The molecule has 18 heavy (non-hydrogen) atoms. The highest BCUT2D eigenvalue weighted by Crippen LogP contribution is 2.32. The quantitative estimate of drug-likeness (QED) is 0.872. The molecular formula is C15H22O3. The van der Waals surface area contributed by atoms with Crippen LogP contribution in [-0.4, -0.2) is 29.7 Å².